The molecular weight excluding hydrogens is 404 g/mol. The lowest BCUT2D eigenvalue weighted by molar-refractivity contribution is 0.146. The molecule has 172 valence electrons. The molecular formula is C25H34N4O3. The summed E-state index contributed by atoms with van der Waals surface area (Å²) in [4.78, 5) is 25.6. The number of aryl methyl sites for hydroxylation is 2. The molecule has 7 nitrogen and oxygen atoms in total. The predicted octanol–water partition coefficient (Wildman–Crippen LogP) is 4.95. The van der Waals surface area contributed by atoms with E-state index >= 15 is 0 Å². The van der Waals surface area contributed by atoms with E-state index in [0.29, 0.717) is 13.2 Å². The van der Waals surface area contributed by atoms with E-state index < -0.39 is 0 Å². The zero-order valence-corrected chi connectivity index (χ0v) is 19.4. The molecule has 1 aliphatic rings. The van der Waals surface area contributed by atoms with Gasteiger partial charge in [-0.3, -0.25) is 9.88 Å². The highest BCUT2D eigenvalue weighted by Gasteiger charge is 2.28. The highest BCUT2D eigenvalue weighted by Crippen LogP contribution is 2.25. The van der Waals surface area contributed by atoms with Gasteiger partial charge in [0, 0.05) is 37.7 Å². The number of aromatic nitrogens is 1. The molecule has 1 fully saturated rings. The molecule has 2 heterocycles. The Morgan fingerprint density at radius 1 is 1.06 bits per heavy atom. The first-order chi connectivity index (χ1) is 15.6. The second kappa shape index (κ2) is 12.1. The summed E-state index contributed by atoms with van der Waals surface area (Å²) in [6, 6.07) is 7.97. The molecule has 1 aromatic heterocycles. The van der Waals surface area contributed by atoms with Gasteiger partial charge >= 0.3 is 6.03 Å². The number of nitrogens with zero attached hydrogens (tertiary/aromatic N) is 4. The summed E-state index contributed by atoms with van der Waals surface area (Å²) in [7, 11) is 0. The summed E-state index contributed by atoms with van der Waals surface area (Å²) in [5.74, 6) is 0.944. The van der Waals surface area contributed by atoms with Crippen molar-refractivity contribution in [3.8, 4) is 5.75 Å². The first-order valence-corrected chi connectivity index (χ1v) is 11.5. The fourth-order valence-electron chi connectivity index (χ4n) is 3.84. The third-order valence-electron chi connectivity index (χ3n) is 5.44. The average molecular weight is 439 g/mol. The van der Waals surface area contributed by atoms with Crippen molar-refractivity contribution in [1.82, 2.24) is 9.88 Å². The number of unbranched alkanes of at least 4 members (excludes halogenated alkanes) is 2. The molecule has 32 heavy (non-hydrogen) atoms. The average Bonchev–Trinajstić information content (AvgIpc) is 3.16. The quantitative estimate of drug-likeness (QED) is 0.267. The topological polar surface area (TPSA) is 67.3 Å². The summed E-state index contributed by atoms with van der Waals surface area (Å²) < 4.78 is 6.06. The number of oxime groups is 1. The lowest BCUT2D eigenvalue weighted by atomic mass is 10.1. The number of carbonyl (C=O) groups excluding carboxylic acids is 1. The number of amides is 2. The number of hydrogen-bond donors (Lipinski definition) is 0. The minimum absolute atomic E-state index is 0.0856. The van der Waals surface area contributed by atoms with Gasteiger partial charge in [0.2, 0.25) is 0 Å². The summed E-state index contributed by atoms with van der Waals surface area (Å²) in [5.41, 5.74) is 4.12. The molecule has 3 rings (SSSR count). The Hall–Kier alpha value is -3.09. The number of ether oxygens (including phenoxy) is 1. The Balaban J connectivity index is 1.37. The van der Waals surface area contributed by atoms with Crippen molar-refractivity contribution in [1.29, 1.82) is 0 Å². The molecule has 0 bridgehead atoms. The Kier molecular flexibility index (Phi) is 8.90. The zero-order valence-electron chi connectivity index (χ0n) is 19.4. The van der Waals surface area contributed by atoms with Crippen LogP contribution in [-0.2, 0) is 4.84 Å². The van der Waals surface area contributed by atoms with Gasteiger partial charge in [0.05, 0.1) is 12.8 Å². The number of hydrogen-bond acceptors (Lipinski definition) is 5. The molecule has 1 aromatic carbocycles. The second-order valence-corrected chi connectivity index (χ2v) is 8.09. The van der Waals surface area contributed by atoms with Crippen LogP contribution in [0.25, 0.3) is 0 Å². The van der Waals surface area contributed by atoms with Gasteiger partial charge in [-0.25, -0.2) is 4.79 Å². The smallest absolute Gasteiger partial charge is 0.324 e. The van der Waals surface area contributed by atoms with E-state index in [0.717, 1.165) is 73.4 Å². The fraction of sp³-hybridized carbons (Fsp3) is 0.480. The molecule has 0 radical (unpaired) electrons. The van der Waals surface area contributed by atoms with Gasteiger partial charge in [-0.05, 0) is 80.5 Å². The lowest BCUT2D eigenvalue weighted by Gasteiger charge is -2.18. The van der Waals surface area contributed by atoms with Crippen LogP contribution in [0.5, 0.6) is 5.75 Å². The van der Waals surface area contributed by atoms with Crippen molar-refractivity contribution in [2.75, 3.05) is 37.7 Å². The van der Waals surface area contributed by atoms with Crippen LogP contribution in [-0.4, -0.2) is 55.0 Å². The maximum atomic E-state index is 12.6. The van der Waals surface area contributed by atoms with E-state index in [1.165, 1.54) is 0 Å². The first-order valence-electron chi connectivity index (χ1n) is 11.5. The summed E-state index contributed by atoms with van der Waals surface area (Å²) in [6.07, 6.45) is 9.09. The highest BCUT2D eigenvalue weighted by atomic mass is 16.6. The zero-order chi connectivity index (χ0) is 22.8. The molecule has 2 aromatic rings. The number of urea groups is 1. The molecule has 0 saturated carbocycles. The van der Waals surface area contributed by atoms with Crippen LogP contribution >= 0.6 is 0 Å². The van der Waals surface area contributed by atoms with Crippen molar-refractivity contribution in [2.45, 2.75) is 46.5 Å². The van der Waals surface area contributed by atoms with E-state index in [4.69, 9.17) is 9.57 Å². The summed E-state index contributed by atoms with van der Waals surface area (Å²) >= 11 is 0. The third kappa shape index (κ3) is 6.45. The van der Waals surface area contributed by atoms with Gasteiger partial charge in [0.15, 0.2) is 0 Å². The molecule has 7 heteroatoms. The minimum Gasteiger partial charge on any atom is -0.493 e. The lowest BCUT2D eigenvalue weighted by Crippen LogP contribution is -2.32. The third-order valence-corrected chi connectivity index (χ3v) is 5.44. The van der Waals surface area contributed by atoms with Gasteiger partial charge in [0.25, 0.3) is 0 Å². The SMILES string of the molecule is CCCON=Cc1cc(C)c(OCCCCCN2CCN(c3ccncc3)C2=O)c(C)c1. The van der Waals surface area contributed by atoms with E-state index in [1.807, 2.05) is 21.9 Å². The number of anilines is 1. The van der Waals surface area contributed by atoms with Crippen molar-refractivity contribution in [3.63, 3.8) is 0 Å². The fourth-order valence-corrected chi connectivity index (χ4v) is 3.84. The Morgan fingerprint density at radius 3 is 2.53 bits per heavy atom. The number of rotatable bonds is 12. The number of benzene rings is 1. The predicted molar refractivity (Wildman–Crippen MR) is 128 cm³/mol. The van der Waals surface area contributed by atoms with Crippen LogP contribution in [0.15, 0.2) is 41.8 Å². The highest BCUT2D eigenvalue weighted by molar-refractivity contribution is 5.94. The monoisotopic (exact) mass is 438 g/mol. The number of pyridine rings is 1. The summed E-state index contributed by atoms with van der Waals surface area (Å²) in [6.45, 7) is 9.76. The van der Waals surface area contributed by atoms with Gasteiger partial charge in [-0.15, -0.1) is 0 Å². The second-order valence-electron chi connectivity index (χ2n) is 8.09. The van der Waals surface area contributed by atoms with Crippen molar-refractivity contribution in [2.24, 2.45) is 5.16 Å². The van der Waals surface area contributed by atoms with Crippen molar-refractivity contribution < 1.29 is 14.4 Å². The van der Waals surface area contributed by atoms with Gasteiger partial charge < -0.3 is 14.5 Å². The van der Waals surface area contributed by atoms with Crippen LogP contribution in [0.3, 0.4) is 0 Å². The standard InChI is InChI=1S/C25H34N4O3/c1-4-15-32-27-19-22-17-20(2)24(21(3)18-22)31-16-7-5-6-12-28-13-14-29(25(28)30)23-8-10-26-11-9-23/h8-11,17-19H,4-7,12-16H2,1-3H3. The minimum atomic E-state index is 0.0856. The molecule has 1 aliphatic heterocycles. The first kappa shape index (κ1) is 23.6. The van der Waals surface area contributed by atoms with E-state index in [-0.39, 0.29) is 6.03 Å². The summed E-state index contributed by atoms with van der Waals surface area (Å²) in [5, 5.41) is 4.00. The Bertz CT molecular complexity index is 878. The van der Waals surface area contributed by atoms with E-state index in [2.05, 4.69) is 43.0 Å². The molecule has 1 saturated heterocycles. The van der Waals surface area contributed by atoms with Gasteiger partial charge in [-0.1, -0.05) is 12.1 Å². The number of carbonyl (C=O) groups is 1. The maximum absolute atomic E-state index is 12.6. The Labute approximate surface area is 191 Å². The molecule has 0 aliphatic carbocycles. The van der Waals surface area contributed by atoms with Crippen LogP contribution in [0.4, 0.5) is 10.5 Å². The molecule has 0 unspecified atom stereocenters. The van der Waals surface area contributed by atoms with Crippen LogP contribution in [0.1, 0.15) is 49.3 Å². The molecule has 0 spiro atoms. The van der Waals surface area contributed by atoms with Crippen LogP contribution in [0.2, 0.25) is 0 Å². The van der Waals surface area contributed by atoms with Crippen molar-refractivity contribution in [3.05, 3.63) is 53.3 Å². The Morgan fingerprint density at radius 2 is 1.81 bits per heavy atom. The van der Waals surface area contributed by atoms with Crippen LogP contribution < -0.4 is 9.64 Å². The van der Waals surface area contributed by atoms with Gasteiger partial charge in [-0.2, -0.15) is 0 Å². The van der Waals surface area contributed by atoms with Crippen LogP contribution in [0, 0.1) is 13.8 Å². The van der Waals surface area contributed by atoms with E-state index in [1.54, 1.807) is 18.6 Å². The molecule has 2 amide bonds. The van der Waals surface area contributed by atoms with Crippen molar-refractivity contribution >= 4 is 17.9 Å². The molecule has 0 N–H and O–H groups in total. The largest absolute Gasteiger partial charge is 0.493 e. The normalized spacial score (nSPS) is 13.9. The van der Waals surface area contributed by atoms with Gasteiger partial charge in [0.1, 0.15) is 12.4 Å². The maximum Gasteiger partial charge on any atom is 0.324 e. The van der Waals surface area contributed by atoms with E-state index in [9.17, 15) is 4.79 Å². The molecule has 0 atom stereocenters.